The van der Waals surface area contributed by atoms with Gasteiger partial charge in [-0.15, -0.1) is 0 Å². The fraction of sp³-hybridized carbons (Fsp3) is 0.583. The molecule has 0 aromatic carbocycles. The summed E-state index contributed by atoms with van der Waals surface area (Å²) in [4.78, 5) is 22.1. The van der Waals surface area contributed by atoms with Crippen molar-refractivity contribution >= 4 is 11.9 Å². The number of carbonyl (C=O) groups excluding carboxylic acids is 1. The van der Waals surface area contributed by atoms with Crippen molar-refractivity contribution in [3.05, 3.63) is 17.5 Å². The van der Waals surface area contributed by atoms with E-state index in [1.165, 1.54) is 0 Å². The van der Waals surface area contributed by atoms with Crippen molar-refractivity contribution in [2.45, 2.75) is 26.7 Å². The number of hydrogen-bond donors (Lipinski definition) is 1. The molecule has 1 atom stereocenters. The maximum atomic E-state index is 11.2. The number of piperidine rings is 1. The predicted octanol–water partition coefficient (Wildman–Crippen LogP) is 0.795. The molecule has 1 aromatic rings. The Hall–Kier alpha value is -1.65. The Morgan fingerprint density at radius 1 is 1.41 bits per heavy atom. The minimum Gasteiger partial charge on any atom is -0.369 e. The van der Waals surface area contributed by atoms with Crippen LogP contribution in [0.2, 0.25) is 0 Å². The summed E-state index contributed by atoms with van der Waals surface area (Å²) >= 11 is 0. The van der Waals surface area contributed by atoms with Gasteiger partial charge in [0, 0.05) is 24.5 Å². The molecule has 17 heavy (non-hydrogen) atoms. The summed E-state index contributed by atoms with van der Waals surface area (Å²) in [7, 11) is 0. The molecule has 1 aromatic heterocycles. The molecule has 0 radical (unpaired) electrons. The van der Waals surface area contributed by atoms with Gasteiger partial charge in [0.1, 0.15) is 0 Å². The Morgan fingerprint density at radius 3 is 2.65 bits per heavy atom. The molecular weight excluding hydrogens is 216 g/mol. The first-order valence-electron chi connectivity index (χ1n) is 5.93. The number of aromatic nitrogens is 2. The van der Waals surface area contributed by atoms with Crippen LogP contribution in [-0.4, -0.2) is 29.0 Å². The van der Waals surface area contributed by atoms with Crippen LogP contribution in [-0.2, 0) is 4.79 Å². The molecule has 0 saturated carbocycles. The molecule has 2 N–H and O–H groups in total. The monoisotopic (exact) mass is 234 g/mol. The first-order chi connectivity index (χ1) is 8.06. The van der Waals surface area contributed by atoms with Crippen LogP contribution in [0, 0.1) is 19.8 Å². The summed E-state index contributed by atoms with van der Waals surface area (Å²) in [6.07, 6.45) is 1.83. The average molecular weight is 234 g/mol. The van der Waals surface area contributed by atoms with Gasteiger partial charge in [-0.3, -0.25) is 4.79 Å². The third-order valence-electron chi connectivity index (χ3n) is 3.08. The Bertz CT molecular complexity index is 412. The summed E-state index contributed by atoms with van der Waals surface area (Å²) < 4.78 is 0. The van der Waals surface area contributed by atoms with E-state index >= 15 is 0 Å². The van der Waals surface area contributed by atoms with Gasteiger partial charge in [-0.2, -0.15) is 0 Å². The molecular formula is C12H18N4O. The molecule has 2 heterocycles. The molecule has 5 nitrogen and oxygen atoms in total. The number of rotatable bonds is 2. The third kappa shape index (κ3) is 2.72. The molecule has 1 amide bonds. The quantitative estimate of drug-likeness (QED) is 0.821. The highest BCUT2D eigenvalue weighted by Gasteiger charge is 2.25. The molecule has 0 aliphatic carbocycles. The average Bonchev–Trinajstić information content (AvgIpc) is 2.28. The lowest BCUT2D eigenvalue weighted by Crippen LogP contribution is -2.42. The van der Waals surface area contributed by atoms with E-state index in [-0.39, 0.29) is 11.8 Å². The first kappa shape index (κ1) is 11.8. The lowest BCUT2D eigenvalue weighted by atomic mass is 9.98. The van der Waals surface area contributed by atoms with Gasteiger partial charge in [0.25, 0.3) is 0 Å². The maximum Gasteiger partial charge on any atom is 0.225 e. The number of carbonyl (C=O) groups is 1. The van der Waals surface area contributed by atoms with Gasteiger partial charge >= 0.3 is 0 Å². The number of nitrogens with two attached hydrogens (primary N) is 1. The second kappa shape index (κ2) is 4.69. The third-order valence-corrected chi connectivity index (χ3v) is 3.08. The fourth-order valence-corrected chi connectivity index (χ4v) is 2.24. The Morgan fingerprint density at radius 2 is 2.06 bits per heavy atom. The second-order valence-electron chi connectivity index (χ2n) is 4.64. The largest absolute Gasteiger partial charge is 0.369 e. The van der Waals surface area contributed by atoms with E-state index in [1.54, 1.807) is 0 Å². The van der Waals surface area contributed by atoms with Crippen LogP contribution in [0.25, 0.3) is 0 Å². The molecule has 5 heteroatoms. The van der Waals surface area contributed by atoms with E-state index < -0.39 is 0 Å². The topological polar surface area (TPSA) is 72.1 Å². The normalized spacial score (nSPS) is 20.4. The molecule has 0 spiro atoms. The van der Waals surface area contributed by atoms with Crippen molar-refractivity contribution in [2.24, 2.45) is 11.7 Å². The van der Waals surface area contributed by atoms with E-state index in [0.29, 0.717) is 12.5 Å². The summed E-state index contributed by atoms with van der Waals surface area (Å²) in [5, 5.41) is 0. The molecule has 1 aliphatic heterocycles. The maximum absolute atomic E-state index is 11.2. The van der Waals surface area contributed by atoms with E-state index in [4.69, 9.17) is 5.73 Å². The summed E-state index contributed by atoms with van der Waals surface area (Å²) in [5.74, 6) is 0.417. The van der Waals surface area contributed by atoms with E-state index in [9.17, 15) is 4.79 Å². The molecule has 1 fully saturated rings. The smallest absolute Gasteiger partial charge is 0.225 e. The van der Waals surface area contributed by atoms with Crippen LogP contribution in [0.15, 0.2) is 6.07 Å². The predicted molar refractivity (Wildman–Crippen MR) is 65.6 cm³/mol. The SMILES string of the molecule is Cc1cc(C)nc(N2CCCC(C(N)=O)C2)n1. The first-order valence-corrected chi connectivity index (χ1v) is 5.93. The van der Waals surface area contributed by atoms with Gasteiger partial charge in [-0.25, -0.2) is 9.97 Å². The van der Waals surface area contributed by atoms with Crippen LogP contribution >= 0.6 is 0 Å². The van der Waals surface area contributed by atoms with Crippen molar-refractivity contribution in [1.29, 1.82) is 0 Å². The highest BCUT2D eigenvalue weighted by Crippen LogP contribution is 2.20. The Balaban J connectivity index is 2.18. The van der Waals surface area contributed by atoms with Crippen LogP contribution in [0.5, 0.6) is 0 Å². The molecule has 0 bridgehead atoms. The van der Waals surface area contributed by atoms with E-state index in [0.717, 1.165) is 30.8 Å². The van der Waals surface area contributed by atoms with Gasteiger partial charge in [0.05, 0.1) is 5.92 Å². The van der Waals surface area contributed by atoms with Gasteiger partial charge in [-0.05, 0) is 32.8 Å². The van der Waals surface area contributed by atoms with Crippen molar-refractivity contribution in [2.75, 3.05) is 18.0 Å². The molecule has 1 unspecified atom stereocenters. The molecule has 92 valence electrons. The van der Waals surface area contributed by atoms with Crippen molar-refractivity contribution in [3.8, 4) is 0 Å². The zero-order valence-electron chi connectivity index (χ0n) is 10.3. The fourth-order valence-electron chi connectivity index (χ4n) is 2.24. The number of hydrogen-bond acceptors (Lipinski definition) is 4. The van der Waals surface area contributed by atoms with Crippen LogP contribution < -0.4 is 10.6 Å². The lowest BCUT2D eigenvalue weighted by Gasteiger charge is -2.31. The number of nitrogens with zero attached hydrogens (tertiary/aromatic N) is 3. The summed E-state index contributed by atoms with van der Waals surface area (Å²) in [5.41, 5.74) is 7.27. The Kier molecular flexibility index (Phi) is 3.26. The summed E-state index contributed by atoms with van der Waals surface area (Å²) in [6.45, 7) is 5.44. The summed E-state index contributed by atoms with van der Waals surface area (Å²) in [6, 6.07) is 1.94. The number of aryl methyl sites for hydroxylation is 2. The van der Waals surface area contributed by atoms with E-state index in [1.807, 2.05) is 19.9 Å². The molecule has 1 saturated heterocycles. The van der Waals surface area contributed by atoms with Crippen molar-refractivity contribution < 1.29 is 4.79 Å². The second-order valence-corrected chi connectivity index (χ2v) is 4.64. The molecule has 2 rings (SSSR count). The number of amides is 1. The van der Waals surface area contributed by atoms with Gasteiger partial charge in [0.15, 0.2) is 0 Å². The Labute approximate surface area is 101 Å². The van der Waals surface area contributed by atoms with Crippen LogP contribution in [0.4, 0.5) is 5.95 Å². The highest BCUT2D eigenvalue weighted by atomic mass is 16.1. The minimum absolute atomic E-state index is 0.0758. The minimum atomic E-state index is -0.223. The standard InChI is InChI=1S/C12H18N4O/c1-8-6-9(2)15-12(14-8)16-5-3-4-10(7-16)11(13)17/h6,10H,3-5,7H2,1-2H3,(H2,13,17). The highest BCUT2D eigenvalue weighted by molar-refractivity contribution is 5.77. The molecule has 1 aliphatic rings. The van der Waals surface area contributed by atoms with Crippen molar-refractivity contribution in [1.82, 2.24) is 9.97 Å². The van der Waals surface area contributed by atoms with E-state index in [2.05, 4.69) is 14.9 Å². The number of anilines is 1. The van der Waals surface area contributed by atoms with Crippen molar-refractivity contribution in [3.63, 3.8) is 0 Å². The number of primary amides is 1. The van der Waals surface area contributed by atoms with Crippen LogP contribution in [0.3, 0.4) is 0 Å². The zero-order chi connectivity index (χ0) is 12.4. The van der Waals surface area contributed by atoms with Crippen LogP contribution in [0.1, 0.15) is 24.2 Å². The van der Waals surface area contributed by atoms with Gasteiger partial charge in [-0.1, -0.05) is 0 Å². The van der Waals surface area contributed by atoms with Gasteiger partial charge in [0.2, 0.25) is 11.9 Å². The lowest BCUT2D eigenvalue weighted by molar-refractivity contribution is -0.122. The zero-order valence-corrected chi connectivity index (χ0v) is 10.3. The van der Waals surface area contributed by atoms with Gasteiger partial charge < -0.3 is 10.6 Å².